The highest BCUT2D eigenvalue weighted by molar-refractivity contribution is 7.99. The molecule has 0 spiro atoms. The topological polar surface area (TPSA) is 77.6 Å². The molecule has 0 bridgehead atoms. The Balaban J connectivity index is 1.56. The molecule has 1 N–H and O–H groups in total. The van der Waals surface area contributed by atoms with Crippen LogP contribution < -0.4 is 5.32 Å². The lowest BCUT2D eigenvalue weighted by Gasteiger charge is -2.10. The second-order valence-electron chi connectivity index (χ2n) is 4.83. The van der Waals surface area contributed by atoms with E-state index in [1.807, 2.05) is 56.8 Å². The lowest BCUT2D eigenvalue weighted by atomic mass is 10.4. The molecule has 4 aromatic heterocycles. The standard InChI is InChI=1S/C15H12N6OS3/c22-12(17-14-16-5-9-24-14)10-25-15-19-18-13(11-4-3-8-23-11)21(15)20-6-1-2-7-20/h1-9H,10H2,(H,16,17,22). The van der Waals surface area contributed by atoms with Crippen LogP contribution in [0.2, 0.25) is 0 Å². The number of thiophene rings is 1. The number of carbonyl (C=O) groups excluding carboxylic acids is 1. The van der Waals surface area contributed by atoms with Crippen LogP contribution in [0.4, 0.5) is 5.13 Å². The predicted octanol–water partition coefficient (Wildman–Crippen LogP) is 3.31. The van der Waals surface area contributed by atoms with Crippen LogP contribution in [0.15, 0.2) is 58.8 Å². The van der Waals surface area contributed by atoms with Gasteiger partial charge in [0.05, 0.1) is 10.6 Å². The average Bonchev–Trinajstić information content (AvgIpc) is 3.39. The van der Waals surface area contributed by atoms with Crippen molar-refractivity contribution in [3.05, 3.63) is 53.6 Å². The van der Waals surface area contributed by atoms with E-state index in [2.05, 4.69) is 20.5 Å². The molecule has 10 heteroatoms. The predicted molar refractivity (Wildman–Crippen MR) is 100 cm³/mol. The fourth-order valence-corrected chi connectivity index (χ4v) is 4.13. The van der Waals surface area contributed by atoms with Gasteiger partial charge >= 0.3 is 0 Å². The van der Waals surface area contributed by atoms with Gasteiger partial charge in [-0.05, 0) is 23.6 Å². The Morgan fingerprint density at radius 3 is 2.76 bits per heavy atom. The number of carbonyl (C=O) groups is 1. The first-order valence-electron chi connectivity index (χ1n) is 7.26. The van der Waals surface area contributed by atoms with Crippen molar-refractivity contribution >= 4 is 45.5 Å². The van der Waals surface area contributed by atoms with E-state index >= 15 is 0 Å². The first-order valence-corrected chi connectivity index (χ1v) is 10.0. The van der Waals surface area contributed by atoms with Crippen LogP contribution in [-0.4, -0.2) is 36.2 Å². The molecule has 25 heavy (non-hydrogen) atoms. The number of nitrogens with one attached hydrogen (secondary N) is 1. The molecule has 0 aliphatic carbocycles. The van der Waals surface area contributed by atoms with E-state index in [1.54, 1.807) is 17.5 Å². The Labute approximate surface area is 155 Å². The van der Waals surface area contributed by atoms with E-state index in [4.69, 9.17) is 0 Å². The van der Waals surface area contributed by atoms with Crippen molar-refractivity contribution in [2.24, 2.45) is 0 Å². The Hall–Kier alpha value is -2.43. The summed E-state index contributed by atoms with van der Waals surface area (Å²) in [6.07, 6.45) is 5.49. The van der Waals surface area contributed by atoms with Crippen molar-refractivity contribution in [2.75, 3.05) is 11.1 Å². The molecule has 0 aliphatic heterocycles. The van der Waals surface area contributed by atoms with Gasteiger partial charge < -0.3 is 5.32 Å². The summed E-state index contributed by atoms with van der Waals surface area (Å²) >= 11 is 4.32. The Bertz CT molecular complexity index is 944. The molecule has 0 fully saturated rings. The second kappa shape index (κ2) is 7.21. The van der Waals surface area contributed by atoms with E-state index in [0.717, 1.165) is 10.7 Å². The molecular formula is C15H12N6OS3. The van der Waals surface area contributed by atoms with Crippen LogP contribution >= 0.6 is 34.4 Å². The van der Waals surface area contributed by atoms with Gasteiger partial charge in [0.25, 0.3) is 0 Å². The maximum absolute atomic E-state index is 12.1. The van der Waals surface area contributed by atoms with Crippen LogP contribution in [-0.2, 0) is 4.79 Å². The number of anilines is 1. The van der Waals surface area contributed by atoms with Gasteiger partial charge in [0.1, 0.15) is 0 Å². The largest absolute Gasteiger partial charge is 0.301 e. The molecule has 126 valence electrons. The average molecular weight is 389 g/mol. The fourth-order valence-electron chi connectivity index (χ4n) is 2.15. The van der Waals surface area contributed by atoms with E-state index in [9.17, 15) is 4.79 Å². The highest BCUT2D eigenvalue weighted by atomic mass is 32.2. The number of rotatable bonds is 6. The van der Waals surface area contributed by atoms with Crippen LogP contribution in [0.5, 0.6) is 0 Å². The minimum atomic E-state index is -0.125. The summed E-state index contributed by atoms with van der Waals surface area (Å²) < 4.78 is 3.79. The lowest BCUT2D eigenvalue weighted by Crippen LogP contribution is -2.15. The minimum absolute atomic E-state index is 0.125. The van der Waals surface area contributed by atoms with Crippen molar-refractivity contribution in [3.8, 4) is 10.7 Å². The van der Waals surface area contributed by atoms with E-state index in [-0.39, 0.29) is 11.7 Å². The maximum Gasteiger partial charge on any atom is 0.236 e. The fraction of sp³-hybridized carbons (Fsp3) is 0.0667. The van der Waals surface area contributed by atoms with Crippen molar-refractivity contribution in [3.63, 3.8) is 0 Å². The molecule has 4 rings (SSSR count). The molecule has 0 aliphatic rings. The first-order chi connectivity index (χ1) is 12.3. The summed E-state index contributed by atoms with van der Waals surface area (Å²) in [6, 6.07) is 7.84. The Morgan fingerprint density at radius 2 is 2.04 bits per heavy atom. The molecule has 1 amide bonds. The highest BCUT2D eigenvalue weighted by Gasteiger charge is 2.17. The summed E-state index contributed by atoms with van der Waals surface area (Å²) in [7, 11) is 0. The molecule has 0 radical (unpaired) electrons. The molecule has 0 atom stereocenters. The normalized spacial score (nSPS) is 10.9. The van der Waals surface area contributed by atoms with Gasteiger partial charge in [-0.1, -0.05) is 17.8 Å². The number of hydrogen-bond donors (Lipinski definition) is 1. The van der Waals surface area contributed by atoms with Crippen LogP contribution in [0.25, 0.3) is 10.7 Å². The van der Waals surface area contributed by atoms with E-state index in [1.165, 1.54) is 23.1 Å². The van der Waals surface area contributed by atoms with Crippen molar-refractivity contribution in [1.82, 2.24) is 24.5 Å². The summed E-state index contributed by atoms with van der Waals surface area (Å²) in [5.74, 6) is 0.845. The molecule has 0 saturated heterocycles. The summed E-state index contributed by atoms with van der Waals surface area (Å²) in [4.78, 5) is 17.2. The van der Waals surface area contributed by atoms with Crippen LogP contribution in [0, 0.1) is 0 Å². The number of nitrogens with zero attached hydrogens (tertiary/aromatic N) is 5. The van der Waals surface area contributed by atoms with Gasteiger partial charge in [0.2, 0.25) is 11.1 Å². The molecule has 0 aromatic carbocycles. The smallest absolute Gasteiger partial charge is 0.236 e. The summed E-state index contributed by atoms with van der Waals surface area (Å²) in [6.45, 7) is 0. The quantitative estimate of drug-likeness (QED) is 0.513. The second-order valence-corrected chi connectivity index (χ2v) is 7.62. The molecule has 4 heterocycles. The van der Waals surface area contributed by atoms with Crippen LogP contribution in [0.3, 0.4) is 0 Å². The number of aromatic nitrogens is 5. The highest BCUT2D eigenvalue weighted by Crippen LogP contribution is 2.27. The maximum atomic E-state index is 12.1. The third kappa shape index (κ3) is 3.50. The number of amides is 1. The third-order valence-corrected chi connectivity index (χ3v) is 5.66. The monoisotopic (exact) mass is 388 g/mol. The van der Waals surface area contributed by atoms with Gasteiger partial charge in [-0.15, -0.1) is 32.9 Å². The summed E-state index contributed by atoms with van der Waals surface area (Å²) in [5.41, 5.74) is 0. The zero-order valence-corrected chi connectivity index (χ0v) is 15.2. The minimum Gasteiger partial charge on any atom is -0.301 e. The molecule has 0 unspecified atom stereocenters. The van der Waals surface area contributed by atoms with Gasteiger partial charge in [0.15, 0.2) is 11.0 Å². The van der Waals surface area contributed by atoms with Crippen molar-refractivity contribution in [2.45, 2.75) is 5.16 Å². The zero-order valence-electron chi connectivity index (χ0n) is 12.8. The first kappa shape index (κ1) is 16.1. The molecule has 7 nitrogen and oxygen atoms in total. The van der Waals surface area contributed by atoms with Crippen molar-refractivity contribution < 1.29 is 4.79 Å². The number of thioether (sulfide) groups is 1. The zero-order chi connectivity index (χ0) is 17.1. The van der Waals surface area contributed by atoms with Gasteiger partial charge in [-0.2, -0.15) is 0 Å². The van der Waals surface area contributed by atoms with E-state index in [0.29, 0.717) is 10.3 Å². The summed E-state index contributed by atoms with van der Waals surface area (Å²) in [5, 5.41) is 16.4. The third-order valence-electron chi connectivity index (χ3n) is 3.18. The van der Waals surface area contributed by atoms with Gasteiger partial charge in [0, 0.05) is 24.0 Å². The number of thiazole rings is 1. The SMILES string of the molecule is O=C(CSc1nnc(-c2cccs2)n1-n1cccc1)Nc1nccs1. The van der Waals surface area contributed by atoms with Crippen molar-refractivity contribution in [1.29, 1.82) is 0 Å². The molecule has 4 aromatic rings. The van der Waals surface area contributed by atoms with Gasteiger partial charge in [-0.25, -0.2) is 9.66 Å². The Kier molecular flexibility index (Phi) is 4.63. The molecule has 0 saturated carbocycles. The molecular weight excluding hydrogens is 376 g/mol. The van der Waals surface area contributed by atoms with Gasteiger partial charge in [-0.3, -0.25) is 9.47 Å². The van der Waals surface area contributed by atoms with Crippen LogP contribution in [0.1, 0.15) is 0 Å². The number of hydrogen-bond acceptors (Lipinski definition) is 7. The van der Waals surface area contributed by atoms with E-state index < -0.39 is 0 Å². The lowest BCUT2D eigenvalue weighted by molar-refractivity contribution is -0.113. The Morgan fingerprint density at radius 1 is 1.16 bits per heavy atom.